The Bertz CT molecular complexity index is 175. The lowest BCUT2D eigenvalue weighted by Gasteiger charge is -2.32. The number of carbonyl (C=O) groups excluding carboxylic acids is 1. The van der Waals surface area contributed by atoms with Crippen LogP contribution < -0.4 is 0 Å². The van der Waals surface area contributed by atoms with E-state index in [1.165, 1.54) is 6.08 Å². The zero-order chi connectivity index (χ0) is 10.3. The second-order valence-corrected chi connectivity index (χ2v) is 3.58. The van der Waals surface area contributed by atoms with Crippen LogP contribution in [0.3, 0.4) is 0 Å². The third kappa shape index (κ3) is 3.73. The van der Waals surface area contributed by atoms with Crippen molar-refractivity contribution in [3.63, 3.8) is 0 Å². The highest BCUT2D eigenvalue weighted by atomic mass is 16.5. The number of hydrogen-bond donors (Lipinski definition) is 0. The van der Waals surface area contributed by atoms with Crippen molar-refractivity contribution in [2.24, 2.45) is 5.92 Å². The second kappa shape index (κ2) is 5.92. The number of allylic oxidation sites excluding steroid dienone is 1. The van der Waals surface area contributed by atoms with Crippen LogP contribution in [0.4, 0.5) is 0 Å². The van der Waals surface area contributed by atoms with E-state index in [9.17, 15) is 4.79 Å². The summed E-state index contributed by atoms with van der Waals surface area (Å²) in [6.45, 7) is 6.28. The Hall–Kier alpha value is -0.630. The lowest BCUT2D eigenvalue weighted by Crippen LogP contribution is -2.34. The summed E-state index contributed by atoms with van der Waals surface area (Å²) in [7, 11) is 1.72. The van der Waals surface area contributed by atoms with Crippen LogP contribution in [0.15, 0.2) is 12.2 Å². The number of hydrogen-bond acceptors (Lipinski definition) is 2. The van der Waals surface area contributed by atoms with Gasteiger partial charge in [-0.25, -0.2) is 0 Å². The molecule has 0 radical (unpaired) electrons. The van der Waals surface area contributed by atoms with Crippen LogP contribution >= 0.6 is 0 Å². The van der Waals surface area contributed by atoms with Crippen molar-refractivity contribution in [3.05, 3.63) is 12.2 Å². The average Bonchev–Trinajstić information content (AvgIpc) is 2.14. The normalized spacial score (nSPS) is 18.5. The van der Waals surface area contributed by atoms with Gasteiger partial charge in [0.1, 0.15) is 6.29 Å². The van der Waals surface area contributed by atoms with Gasteiger partial charge in [-0.3, -0.25) is 4.79 Å². The molecule has 0 aromatic carbocycles. The Morgan fingerprint density at radius 2 is 2.15 bits per heavy atom. The topological polar surface area (TPSA) is 26.3 Å². The SMILES string of the molecule is CCCC(C)(OC)C(C)C=CC=O. The van der Waals surface area contributed by atoms with Crippen molar-refractivity contribution in [2.75, 3.05) is 7.11 Å². The number of aldehydes is 1. The van der Waals surface area contributed by atoms with E-state index < -0.39 is 0 Å². The first-order chi connectivity index (χ1) is 6.10. The lowest BCUT2D eigenvalue weighted by molar-refractivity contribution is -0.104. The van der Waals surface area contributed by atoms with Crippen molar-refractivity contribution in [1.29, 1.82) is 0 Å². The number of ether oxygens (including phenoxy) is 1. The summed E-state index contributed by atoms with van der Waals surface area (Å²) >= 11 is 0. The highest BCUT2D eigenvalue weighted by molar-refractivity contribution is 5.64. The van der Waals surface area contributed by atoms with Crippen LogP contribution in [0.2, 0.25) is 0 Å². The van der Waals surface area contributed by atoms with Gasteiger partial charge < -0.3 is 4.74 Å². The minimum absolute atomic E-state index is 0.145. The monoisotopic (exact) mass is 184 g/mol. The smallest absolute Gasteiger partial charge is 0.142 e. The van der Waals surface area contributed by atoms with Gasteiger partial charge in [0.15, 0.2) is 0 Å². The first-order valence-corrected chi connectivity index (χ1v) is 4.77. The van der Waals surface area contributed by atoms with Gasteiger partial charge in [0, 0.05) is 13.0 Å². The summed E-state index contributed by atoms with van der Waals surface area (Å²) in [6.07, 6.45) is 6.33. The molecule has 13 heavy (non-hydrogen) atoms. The summed E-state index contributed by atoms with van der Waals surface area (Å²) in [5, 5.41) is 0. The van der Waals surface area contributed by atoms with Gasteiger partial charge in [-0.1, -0.05) is 26.3 Å². The Morgan fingerprint density at radius 1 is 1.54 bits per heavy atom. The van der Waals surface area contributed by atoms with E-state index in [4.69, 9.17) is 4.74 Å². The van der Waals surface area contributed by atoms with Gasteiger partial charge in [-0.15, -0.1) is 0 Å². The number of methoxy groups -OCH3 is 1. The molecule has 0 aliphatic rings. The summed E-state index contributed by atoms with van der Waals surface area (Å²) in [5.74, 6) is 0.266. The Labute approximate surface area is 81.0 Å². The predicted molar refractivity (Wildman–Crippen MR) is 54.7 cm³/mol. The maximum atomic E-state index is 10.2. The predicted octanol–water partition coefficient (Wildman–Crippen LogP) is 2.58. The van der Waals surface area contributed by atoms with Crippen molar-refractivity contribution >= 4 is 6.29 Å². The number of carbonyl (C=O) groups is 1. The van der Waals surface area contributed by atoms with Crippen LogP contribution in [-0.2, 0) is 9.53 Å². The molecular formula is C11H20O2. The number of rotatable bonds is 6. The van der Waals surface area contributed by atoms with E-state index in [0.717, 1.165) is 19.1 Å². The molecule has 0 bridgehead atoms. The standard InChI is InChI=1S/C11H20O2/c1-5-8-11(3,13-4)10(2)7-6-9-12/h6-7,9-10H,5,8H2,1-4H3. The molecule has 76 valence electrons. The quantitative estimate of drug-likeness (QED) is 0.468. The largest absolute Gasteiger partial charge is 0.378 e. The molecule has 0 saturated carbocycles. The van der Waals surface area contributed by atoms with Gasteiger partial charge >= 0.3 is 0 Å². The Kier molecular flexibility index (Phi) is 5.63. The molecule has 0 aromatic rings. The van der Waals surface area contributed by atoms with E-state index in [1.54, 1.807) is 7.11 Å². The molecule has 2 nitrogen and oxygen atoms in total. The van der Waals surface area contributed by atoms with Crippen LogP contribution in [0.5, 0.6) is 0 Å². The van der Waals surface area contributed by atoms with Crippen LogP contribution in [0.1, 0.15) is 33.6 Å². The van der Waals surface area contributed by atoms with Gasteiger partial charge in [-0.05, 0) is 19.4 Å². The minimum Gasteiger partial charge on any atom is -0.378 e. The zero-order valence-corrected chi connectivity index (χ0v) is 9.04. The van der Waals surface area contributed by atoms with Gasteiger partial charge in [-0.2, -0.15) is 0 Å². The fourth-order valence-electron chi connectivity index (χ4n) is 1.43. The van der Waals surface area contributed by atoms with Gasteiger partial charge in [0.25, 0.3) is 0 Å². The van der Waals surface area contributed by atoms with Crippen LogP contribution in [0, 0.1) is 5.92 Å². The molecule has 0 aliphatic heterocycles. The summed E-state index contributed by atoms with van der Waals surface area (Å²) in [4.78, 5) is 10.2. The van der Waals surface area contributed by atoms with E-state index in [1.807, 2.05) is 6.08 Å². The van der Waals surface area contributed by atoms with Crippen molar-refractivity contribution in [3.8, 4) is 0 Å². The third-order valence-electron chi connectivity index (χ3n) is 2.65. The first kappa shape index (κ1) is 12.4. The highest BCUT2D eigenvalue weighted by Gasteiger charge is 2.27. The maximum Gasteiger partial charge on any atom is 0.142 e. The summed E-state index contributed by atoms with van der Waals surface area (Å²) in [6, 6.07) is 0. The molecular weight excluding hydrogens is 164 g/mol. The van der Waals surface area contributed by atoms with E-state index in [0.29, 0.717) is 0 Å². The van der Waals surface area contributed by atoms with Crippen molar-refractivity contribution in [2.45, 2.75) is 39.2 Å². The average molecular weight is 184 g/mol. The van der Waals surface area contributed by atoms with Crippen LogP contribution in [0.25, 0.3) is 0 Å². The molecule has 0 saturated heterocycles. The Morgan fingerprint density at radius 3 is 2.54 bits per heavy atom. The highest BCUT2D eigenvalue weighted by Crippen LogP contribution is 2.27. The maximum absolute atomic E-state index is 10.2. The molecule has 0 fully saturated rings. The van der Waals surface area contributed by atoms with E-state index in [2.05, 4.69) is 20.8 Å². The molecule has 2 unspecified atom stereocenters. The second-order valence-electron chi connectivity index (χ2n) is 3.58. The van der Waals surface area contributed by atoms with E-state index >= 15 is 0 Å². The molecule has 0 aliphatic carbocycles. The molecule has 0 aromatic heterocycles. The van der Waals surface area contributed by atoms with Crippen molar-refractivity contribution in [1.82, 2.24) is 0 Å². The lowest BCUT2D eigenvalue weighted by atomic mass is 9.86. The molecule has 0 amide bonds. The minimum atomic E-state index is -0.145. The Balaban J connectivity index is 4.35. The summed E-state index contributed by atoms with van der Waals surface area (Å²) in [5.41, 5.74) is -0.145. The summed E-state index contributed by atoms with van der Waals surface area (Å²) < 4.78 is 5.47. The fourth-order valence-corrected chi connectivity index (χ4v) is 1.43. The van der Waals surface area contributed by atoms with Crippen LogP contribution in [-0.4, -0.2) is 19.0 Å². The molecule has 0 rings (SSSR count). The van der Waals surface area contributed by atoms with Gasteiger partial charge in [0.2, 0.25) is 0 Å². The molecule has 0 spiro atoms. The fraction of sp³-hybridized carbons (Fsp3) is 0.727. The first-order valence-electron chi connectivity index (χ1n) is 4.77. The molecule has 2 atom stereocenters. The molecule has 0 heterocycles. The zero-order valence-electron chi connectivity index (χ0n) is 9.04. The van der Waals surface area contributed by atoms with Crippen molar-refractivity contribution < 1.29 is 9.53 Å². The van der Waals surface area contributed by atoms with Gasteiger partial charge in [0.05, 0.1) is 5.60 Å². The molecule has 0 N–H and O–H groups in total. The molecule has 2 heteroatoms. The van der Waals surface area contributed by atoms with E-state index in [-0.39, 0.29) is 11.5 Å². The third-order valence-corrected chi connectivity index (χ3v) is 2.65.